The van der Waals surface area contributed by atoms with Gasteiger partial charge in [-0.25, -0.2) is 0 Å². The molecule has 0 aliphatic carbocycles. The lowest BCUT2D eigenvalue weighted by atomic mass is 10.1. The van der Waals surface area contributed by atoms with Crippen molar-refractivity contribution in [1.82, 2.24) is 10.2 Å². The number of amides is 1. The molecule has 1 aromatic rings. The molecule has 2 aliphatic rings. The first-order chi connectivity index (χ1) is 9.63. The van der Waals surface area contributed by atoms with Gasteiger partial charge in [0.25, 0.3) is 0 Å². The third-order valence-corrected chi connectivity index (χ3v) is 3.64. The molecule has 1 fully saturated rings. The zero-order chi connectivity index (χ0) is 14.1. The quantitative estimate of drug-likeness (QED) is 0.820. The van der Waals surface area contributed by atoms with E-state index in [4.69, 9.17) is 9.47 Å². The number of aliphatic hydroxyl groups is 1. The normalized spacial score (nSPS) is 23.9. The molecule has 3 rings (SSSR count). The summed E-state index contributed by atoms with van der Waals surface area (Å²) in [6, 6.07) is 5.38. The summed E-state index contributed by atoms with van der Waals surface area (Å²) >= 11 is 0. The molecule has 20 heavy (non-hydrogen) atoms. The lowest BCUT2D eigenvalue weighted by Gasteiger charge is -2.21. The van der Waals surface area contributed by atoms with E-state index in [1.165, 1.54) is 0 Å². The largest absolute Gasteiger partial charge is 0.454 e. The van der Waals surface area contributed by atoms with Crippen LogP contribution in [0.25, 0.3) is 0 Å². The van der Waals surface area contributed by atoms with Crippen LogP contribution in [-0.2, 0) is 11.3 Å². The minimum atomic E-state index is -0.428. The Hall–Kier alpha value is -1.79. The topological polar surface area (TPSA) is 71.0 Å². The summed E-state index contributed by atoms with van der Waals surface area (Å²) in [6.45, 7) is 1.23. The third kappa shape index (κ3) is 2.57. The molecule has 0 aromatic heterocycles. The van der Waals surface area contributed by atoms with Crippen molar-refractivity contribution in [2.75, 3.05) is 20.4 Å². The molecule has 2 aliphatic heterocycles. The van der Waals surface area contributed by atoms with Crippen molar-refractivity contribution in [1.29, 1.82) is 0 Å². The number of nitrogens with one attached hydrogen (secondary N) is 1. The van der Waals surface area contributed by atoms with Crippen molar-refractivity contribution >= 4 is 5.91 Å². The van der Waals surface area contributed by atoms with Gasteiger partial charge in [-0.15, -0.1) is 0 Å². The van der Waals surface area contributed by atoms with Gasteiger partial charge in [-0.2, -0.15) is 0 Å². The van der Waals surface area contributed by atoms with Gasteiger partial charge >= 0.3 is 0 Å². The molecular formula is C14H18N2O4. The molecule has 0 unspecified atom stereocenters. The molecule has 2 heterocycles. The Balaban J connectivity index is 1.63. The van der Waals surface area contributed by atoms with Crippen molar-refractivity contribution in [2.24, 2.45) is 0 Å². The lowest BCUT2D eigenvalue weighted by molar-refractivity contribution is -0.132. The second-order valence-electron chi connectivity index (χ2n) is 5.23. The maximum Gasteiger partial charge on any atom is 0.239 e. The Morgan fingerprint density at radius 2 is 2.25 bits per heavy atom. The highest BCUT2D eigenvalue weighted by atomic mass is 16.7. The van der Waals surface area contributed by atoms with Crippen LogP contribution in [0.15, 0.2) is 18.2 Å². The molecular weight excluding hydrogens is 260 g/mol. The van der Waals surface area contributed by atoms with E-state index in [0.717, 1.165) is 17.1 Å². The molecule has 0 saturated carbocycles. The number of hydrogen-bond donors (Lipinski definition) is 2. The fraction of sp³-hybridized carbons (Fsp3) is 0.500. The number of hydrogen-bond acceptors (Lipinski definition) is 5. The molecule has 2 N–H and O–H groups in total. The Labute approximate surface area is 117 Å². The van der Waals surface area contributed by atoms with Crippen molar-refractivity contribution in [2.45, 2.75) is 25.1 Å². The Bertz CT molecular complexity index is 520. The highest BCUT2D eigenvalue weighted by Gasteiger charge is 2.30. The number of β-amino-alcohol motifs (C(OH)–C–C–N with tert-alkyl or cyclic N) is 1. The van der Waals surface area contributed by atoms with Gasteiger partial charge in [0, 0.05) is 20.1 Å². The predicted octanol–water partition coefficient (Wildman–Crippen LogP) is 0.0965. The number of fused-ring (bicyclic) bond motifs is 1. The first-order valence-corrected chi connectivity index (χ1v) is 6.68. The lowest BCUT2D eigenvalue weighted by Crippen LogP contribution is -2.41. The fourth-order valence-corrected chi connectivity index (χ4v) is 2.56. The number of carbonyl (C=O) groups is 1. The second-order valence-corrected chi connectivity index (χ2v) is 5.23. The van der Waals surface area contributed by atoms with Crippen LogP contribution in [0.3, 0.4) is 0 Å². The molecule has 0 spiro atoms. The van der Waals surface area contributed by atoms with Gasteiger partial charge in [0.05, 0.1) is 12.1 Å². The fourth-order valence-electron chi connectivity index (χ4n) is 2.56. The summed E-state index contributed by atoms with van der Waals surface area (Å²) in [4.78, 5) is 13.9. The third-order valence-electron chi connectivity index (χ3n) is 3.64. The molecule has 6 nitrogen and oxygen atoms in total. The van der Waals surface area contributed by atoms with E-state index in [2.05, 4.69) is 5.32 Å². The number of ether oxygens (including phenoxy) is 2. The summed E-state index contributed by atoms with van der Waals surface area (Å²) in [5.41, 5.74) is 0.989. The average molecular weight is 278 g/mol. The van der Waals surface area contributed by atoms with Crippen LogP contribution in [0.1, 0.15) is 12.0 Å². The van der Waals surface area contributed by atoms with Gasteiger partial charge in [-0.1, -0.05) is 6.07 Å². The second kappa shape index (κ2) is 5.30. The number of rotatable bonds is 3. The molecule has 2 atom stereocenters. The smallest absolute Gasteiger partial charge is 0.239 e. The van der Waals surface area contributed by atoms with Gasteiger partial charge in [0.2, 0.25) is 12.7 Å². The number of aliphatic hydroxyl groups excluding tert-OH is 1. The van der Waals surface area contributed by atoms with E-state index >= 15 is 0 Å². The summed E-state index contributed by atoms with van der Waals surface area (Å²) in [6.07, 6.45) is 0.0486. The van der Waals surface area contributed by atoms with Gasteiger partial charge < -0.3 is 24.8 Å². The first kappa shape index (κ1) is 13.2. The summed E-state index contributed by atoms with van der Waals surface area (Å²) in [7, 11) is 1.76. The van der Waals surface area contributed by atoms with E-state index in [0.29, 0.717) is 19.5 Å². The highest BCUT2D eigenvalue weighted by molar-refractivity contribution is 5.82. The number of carbonyl (C=O) groups excluding carboxylic acids is 1. The monoisotopic (exact) mass is 278 g/mol. The van der Waals surface area contributed by atoms with Crippen LogP contribution in [-0.4, -0.2) is 48.4 Å². The molecule has 1 amide bonds. The van der Waals surface area contributed by atoms with Gasteiger partial charge in [-0.05, 0) is 24.1 Å². The Morgan fingerprint density at radius 3 is 3.00 bits per heavy atom. The molecule has 0 bridgehead atoms. The van der Waals surface area contributed by atoms with E-state index < -0.39 is 6.10 Å². The minimum Gasteiger partial charge on any atom is -0.454 e. The summed E-state index contributed by atoms with van der Waals surface area (Å²) in [5, 5.41) is 12.5. The summed E-state index contributed by atoms with van der Waals surface area (Å²) in [5.74, 6) is 1.46. The zero-order valence-corrected chi connectivity index (χ0v) is 11.3. The van der Waals surface area contributed by atoms with Crippen LogP contribution < -0.4 is 14.8 Å². The van der Waals surface area contributed by atoms with E-state index in [9.17, 15) is 9.90 Å². The number of likely N-dealkylation sites (N-methyl/N-ethyl adjacent to an activating group) is 1. The number of benzene rings is 1. The Morgan fingerprint density at radius 1 is 1.45 bits per heavy atom. The minimum absolute atomic E-state index is 0.000725. The van der Waals surface area contributed by atoms with E-state index in [1.807, 2.05) is 18.2 Å². The first-order valence-electron chi connectivity index (χ1n) is 6.68. The maximum atomic E-state index is 12.2. The van der Waals surface area contributed by atoms with Gasteiger partial charge in [-0.3, -0.25) is 4.79 Å². The van der Waals surface area contributed by atoms with Crippen LogP contribution in [0.2, 0.25) is 0 Å². The van der Waals surface area contributed by atoms with Gasteiger partial charge in [0.15, 0.2) is 11.5 Å². The Kier molecular flexibility index (Phi) is 3.50. The summed E-state index contributed by atoms with van der Waals surface area (Å²) < 4.78 is 10.6. The predicted molar refractivity (Wildman–Crippen MR) is 71.5 cm³/mol. The zero-order valence-electron chi connectivity index (χ0n) is 11.3. The molecule has 6 heteroatoms. The number of nitrogens with zero attached hydrogens (tertiary/aromatic N) is 1. The van der Waals surface area contributed by atoms with E-state index in [1.54, 1.807) is 11.9 Å². The SMILES string of the molecule is CN(Cc1ccc2c(c1)OCO2)C(=O)[C@H]1C[C@H](O)CN1. The standard InChI is InChI=1S/C14H18N2O4/c1-16(14(18)11-5-10(17)6-15-11)7-9-2-3-12-13(4-9)20-8-19-12/h2-4,10-11,15,17H,5-8H2,1H3/t10-,11+/m0/s1. The van der Waals surface area contributed by atoms with Crippen LogP contribution in [0.4, 0.5) is 0 Å². The van der Waals surface area contributed by atoms with Crippen molar-refractivity contribution in [3.8, 4) is 11.5 Å². The van der Waals surface area contributed by atoms with Crippen molar-refractivity contribution < 1.29 is 19.4 Å². The van der Waals surface area contributed by atoms with E-state index in [-0.39, 0.29) is 18.7 Å². The van der Waals surface area contributed by atoms with Crippen molar-refractivity contribution in [3.05, 3.63) is 23.8 Å². The van der Waals surface area contributed by atoms with Gasteiger partial charge in [0.1, 0.15) is 0 Å². The molecule has 1 saturated heterocycles. The molecule has 1 aromatic carbocycles. The molecule has 0 radical (unpaired) electrons. The maximum absolute atomic E-state index is 12.2. The van der Waals surface area contributed by atoms with Crippen LogP contribution in [0, 0.1) is 0 Å². The highest BCUT2D eigenvalue weighted by Crippen LogP contribution is 2.32. The average Bonchev–Trinajstić information content (AvgIpc) is 3.05. The van der Waals surface area contributed by atoms with Crippen molar-refractivity contribution in [3.63, 3.8) is 0 Å². The molecule has 108 valence electrons. The van der Waals surface area contributed by atoms with Crippen LogP contribution in [0.5, 0.6) is 11.5 Å². The van der Waals surface area contributed by atoms with Crippen LogP contribution >= 0.6 is 0 Å².